The number of nitrogens with zero attached hydrogens (tertiary/aromatic N) is 2. The smallest absolute Gasteiger partial charge is 0.294 e. The predicted molar refractivity (Wildman–Crippen MR) is 68.9 cm³/mol. The van der Waals surface area contributed by atoms with E-state index in [1.54, 1.807) is 0 Å². The third-order valence-corrected chi connectivity index (χ3v) is 4.06. The molecule has 1 aliphatic rings. The molecule has 2 rings (SSSR count). The molecule has 18 heavy (non-hydrogen) atoms. The molecule has 1 saturated heterocycles. The van der Waals surface area contributed by atoms with Crippen molar-refractivity contribution in [2.24, 2.45) is 11.8 Å². The Morgan fingerprint density at radius 3 is 3.28 bits per heavy atom. The van der Waals surface area contributed by atoms with Crippen LogP contribution in [0.2, 0.25) is 0 Å². The molecule has 1 aliphatic heterocycles. The minimum atomic E-state index is -0.342. The van der Waals surface area contributed by atoms with E-state index in [1.807, 2.05) is 5.38 Å². The fourth-order valence-electron chi connectivity index (χ4n) is 2.25. The highest BCUT2D eigenvalue weighted by atomic mass is 32.1. The molecule has 6 nitrogen and oxygen atoms in total. The lowest BCUT2D eigenvalue weighted by molar-refractivity contribution is 0.0953. The van der Waals surface area contributed by atoms with E-state index in [0.717, 1.165) is 38.2 Å². The molecule has 2 heterocycles. The molecule has 1 fully saturated rings. The molecule has 1 aromatic heterocycles. The lowest BCUT2D eigenvalue weighted by Crippen LogP contribution is -2.30. The second kappa shape index (κ2) is 6.24. The quantitative estimate of drug-likeness (QED) is 0.396. The molecule has 0 saturated carbocycles. The SMILES string of the molecule is NNC(=O)c1nc(CN2CCC(CCO)C2)cs1. The van der Waals surface area contributed by atoms with E-state index in [1.165, 1.54) is 11.3 Å². The molecule has 1 unspecified atom stereocenters. The number of nitrogen functional groups attached to an aromatic ring is 1. The zero-order valence-electron chi connectivity index (χ0n) is 10.1. The number of amides is 1. The van der Waals surface area contributed by atoms with Crippen LogP contribution in [0.25, 0.3) is 0 Å². The first-order valence-corrected chi connectivity index (χ1v) is 6.89. The molecule has 0 aliphatic carbocycles. The average molecular weight is 270 g/mol. The maximum atomic E-state index is 11.3. The van der Waals surface area contributed by atoms with Crippen LogP contribution in [-0.2, 0) is 6.54 Å². The highest BCUT2D eigenvalue weighted by Crippen LogP contribution is 2.21. The number of rotatable bonds is 5. The number of likely N-dealkylation sites (tertiary alicyclic amines) is 1. The molecule has 0 spiro atoms. The third kappa shape index (κ3) is 3.26. The predicted octanol–water partition coefficient (Wildman–Crippen LogP) is -0.0491. The fraction of sp³-hybridized carbons (Fsp3) is 0.636. The number of hydrazine groups is 1. The summed E-state index contributed by atoms with van der Waals surface area (Å²) in [6.45, 7) is 3.05. The maximum Gasteiger partial charge on any atom is 0.294 e. The van der Waals surface area contributed by atoms with Crippen LogP contribution in [-0.4, -0.2) is 40.6 Å². The van der Waals surface area contributed by atoms with Crippen molar-refractivity contribution in [3.63, 3.8) is 0 Å². The first-order valence-electron chi connectivity index (χ1n) is 6.01. The van der Waals surface area contributed by atoms with Gasteiger partial charge >= 0.3 is 0 Å². The molecule has 1 aromatic rings. The third-order valence-electron chi connectivity index (χ3n) is 3.17. The maximum absolute atomic E-state index is 11.3. The van der Waals surface area contributed by atoms with E-state index in [-0.39, 0.29) is 12.5 Å². The normalized spacial score (nSPS) is 20.2. The summed E-state index contributed by atoms with van der Waals surface area (Å²) >= 11 is 1.31. The Morgan fingerprint density at radius 1 is 1.72 bits per heavy atom. The van der Waals surface area contributed by atoms with Crippen molar-refractivity contribution in [2.45, 2.75) is 19.4 Å². The van der Waals surface area contributed by atoms with Crippen molar-refractivity contribution in [1.82, 2.24) is 15.3 Å². The second-order valence-corrected chi connectivity index (χ2v) is 5.38. The minimum Gasteiger partial charge on any atom is -0.396 e. The van der Waals surface area contributed by atoms with E-state index in [0.29, 0.717) is 10.9 Å². The summed E-state index contributed by atoms with van der Waals surface area (Å²) in [5.74, 6) is 5.30. The van der Waals surface area contributed by atoms with Crippen molar-refractivity contribution in [3.05, 3.63) is 16.1 Å². The van der Waals surface area contributed by atoms with Crippen LogP contribution in [0.3, 0.4) is 0 Å². The highest BCUT2D eigenvalue weighted by Gasteiger charge is 2.22. The fourth-order valence-corrected chi connectivity index (χ4v) is 2.96. The molecular formula is C11H18N4O2S. The largest absolute Gasteiger partial charge is 0.396 e. The molecular weight excluding hydrogens is 252 g/mol. The van der Waals surface area contributed by atoms with Crippen molar-refractivity contribution >= 4 is 17.2 Å². The van der Waals surface area contributed by atoms with Gasteiger partial charge in [0, 0.05) is 25.1 Å². The van der Waals surface area contributed by atoms with Crippen molar-refractivity contribution < 1.29 is 9.90 Å². The Bertz CT molecular complexity index is 410. The number of nitrogens with two attached hydrogens (primary N) is 1. The summed E-state index contributed by atoms with van der Waals surface area (Å²) in [4.78, 5) is 17.8. The zero-order valence-corrected chi connectivity index (χ0v) is 10.9. The number of aliphatic hydroxyl groups is 1. The summed E-state index contributed by atoms with van der Waals surface area (Å²) in [6, 6.07) is 0. The van der Waals surface area contributed by atoms with Crippen LogP contribution in [0.1, 0.15) is 28.3 Å². The Labute approximate surface area is 110 Å². The van der Waals surface area contributed by atoms with Crippen molar-refractivity contribution in [3.8, 4) is 0 Å². The lowest BCUT2D eigenvalue weighted by atomic mass is 10.1. The van der Waals surface area contributed by atoms with Gasteiger partial charge in [-0.05, 0) is 25.3 Å². The number of hydrogen-bond acceptors (Lipinski definition) is 6. The lowest BCUT2D eigenvalue weighted by Gasteiger charge is -2.13. The first kappa shape index (κ1) is 13.4. The summed E-state index contributed by atoms with van der Waals surface area (Å²) < 4.78 is 0. The number of carbonyl (C=O) groups excluding carboxylic acids is 1. The number of aliphatic hydroxyl groups excluding tert-OH is 1. The van der Waals surface area contributed by atoms with Gasteiger partial charge < -0.3 is 5.11 Å². The van der Waals surface area contributed by atoms with Gasteiger partial charge in [0.05, 0.1) is 5.69 Å². The molecule has 100 valence electrons. The summed E-state index contributed by atoms with van der Waals surface area (Å²) in [5, 5.41) is 11.2. The van der Waals surface area contributed by atoms with Gasteiger partial charge in [-0.1, -0.05) is 0 Å². The zero-order chi connectivity index (χ0) is 13.0. The summed E-state index contributed by atoms with van der Waals surface area (Å²) in [5.41, 5.74) is 2.99. The summed E-state index contributed by atoms with van der Waals surface area (Å²) in [7, 11) is 0. The van der Waals surface area contributed by atoms with Gasteiger partial charge in [0.2, 0.25) is 0 Å². The van der Waals surface area contributed by atoms with Crippen LogP contribution in [0.4, 0.5) is 0 Å². The van der Waals surface area contributed by atoms with E-state index >= 15 is 0 Å². The van der Waals surface area contributed by atoms with Gasteiger partial charge in [-0.15, -0.1) is 11.3 Å². The number of nitrogens with one attached hydrogen (secondary N) is 1. The topological polar surface area (TPSA) is 91.5 Å². The van der Waals surface area contributed by atoms with Gasteiger partial charge in [0.1, 0.15) is 0 Å². The van der Waals surface area contributed by atoms with Crippen LogP contribution in [0, 0.1) is 5.92 Å². The molecule has 7 heteroatoms. The first-order chi connectivity index (χ1) is 8.72. The number of thiazole rings is 1. The van der Waals surface area contributed by atoms with Crippen LogP contribution >= 0.6 is 11.3 Å². The highest BCUT2D eigenvalue weighted by molar-refractivity contribution is 7.11. The van der Waals surface area contributed by atoms with E-state index in [2.05, 4.69) is 15.3 Å². The Kier molecular flexibility index (Phi) is 4.65. The second-order valence-electron chi connectivity index (χ2n) is 4.52. The van der Waals surface area contributed by atoms with Gasteiger partial charge in [0.25, 0.3) is 5.91 Å². The van der Waals surface area contributed by atoms with Crippen LogP contribution in [0.5, 0.6) is 0 Å². The molecule has 4 N–H and O–H groups in total. The minimum absolute atomic E-state index is 0.260. The Balaban J connectivity index is 1.87. The standard InChI is InChI=1S/C11H18N4O2S/c12-14-10(17)11-13-9(7-18-11)6-15-3-1-8(5-15)2-4-16/h7-8,16H,1-6,12H2,(H,14,17). The molecule has 0 bridgehead atoms. The van der Waals surface area contributed by atoms with E-state index in [4.69, 9.17) is 10.9 Å². The van der Waals surface area contributed by atoms with E-state index < -0.39 is 0 Å². The van der Waals surface area contributed by atoms with Crippen molar-refractivity contribution in [1.29, 1.82) is 0 Å². The van der Waals surface area contributed by atoms with E-state index in [9.17, 15) is 4.79 Å². The molecule has 1 atom stereocenters. The number of carbonyl (C=O) groups is 1. The van der Waals surface area contributed by atoms with Gasteiger partial charge in [-0.25, -0.2) is 10.8 Å². The number of hydrogen-bond donors (Lipinski definition) is 3. The van der Waals surface area contributed by atoms with Crippen LogP contribution < -0.4 is 11.3 Å². The monoisotopic (exact) mass is 270 g/mol. The van der Waals surface area contributed by atoms with Gasteiger partial charge in [-0.3, -0.25) is 15.1 Å². The van der Waals surface area contributed by atoms with Gasteiger partial charge in [0.15, 0.2) is 5.01 Å². The average Bonchev–Trinajstić information content (AvgIpc) is 2.99. The molecule has 0 radical (unpaired) electrons. The Hall–Kier alpha value is -1.02. The molecule has 0 aromatic carbocycles. The van der Waals surface area contributed by atoms with Gasteiger partial charge in [-0.2, -0.15) is 0 Å². The Morgan fingerprint density at radius 2 is 2.56 bits per heavy atom. The summed E-state index contributed by atoms with van der Waals surface area (Å²) in [6.07, 6.45) is 2.00. The van der Waals surface area contributed by atoms with Crippen molar-refractivity contribution in [2.75, 3.05) is 19.7 Å². The number of aromatic nitrogens is 1. The van der Waals surface area contributed by atoms with Crippen LogP contribution in [0.15, 0.2) is 5.38 Å². The molecule has 1 amide bonds.